The van der Waals surface area contributed by atoms with Crippen molar-refractivity contribution in [3.8, 4) is 0 Å². The number of sulfonamides is 1. The maximum atomic E-state index is 13.6. The molecule has 0 aliphatic carbocycles. The van der Waals surface area contributed by atoms with Crippen molar-refractivity contribution in [1.29, 1.82) is 0 Å². The average molecular weight is 340 g/mol. The van der Waals surface area contributed by atoms with E-state index in [1.54, 1.807) is 6.07 Å². The summed E-state index contributed by atoms with van der Waals surface area (Å²) in [6, 6.07) is 5.35. The van der Waals surface area contributed by atoms with Crippen molar-refractivity contribution < 1.29 is 17.2 Å². The Morgan fingerprint density at radius 2 is 2.17 bits per heavy atom. The Labute approximate surface area is 133 Å². The summed E-state index contributed by atoms with van der Waals surface area (Å²) in [4.78, 5) is 0. The molecule has 2 heterocycles. The van der Waals surface area contributed by atoms with Crippen LogP contribution in [0.3, 0.4) is 0 Å². The van der Waals surface area contributed by atoms with E-state index in [0.717, 1.165) is 0 Å². The number of hydrogen-bond donors (Lipinski definition) is 2. The fourth-order valence-electron chi connectivity index (χ4n) is 2.46. The van der Waals surface area contributed by atoms with Gasteiger partial charge in [0.25, 0.3) is 0 Å². The van der Waals surface area contributed by atoms with Crippen molar-refractivity contribution in [2.24, 2.45) is 0 Å². The quantitative estimate of drug-likeness (QED) is 0.858. The number of aromatic nitrogens is 2. The van der Waals surface area contributed by atoms with Gasteiger partial charge >= 0.3 is 0 Å². The molecular formula is C14H17FN4O3S. The number of para-hydroxylation sites is 1. The van der Waals surface area contributed by atoms with Gasteiger partial charge in [-0.05, 0) is 18.6 Å². The molecule has 23 heavy (non-hydrogen) atoms. The van der Waals surface area contributed by atoms with Gasteiger partial charge in [-0.25, -0.2) is 12.8 Å². The lowest BCUT2D eigenvalue weighted by Gasteiger charge is -2.13. The number of aryl methyl sites for hydroxylation is 1. The molecule has 1 aromatic carbocycles. The minimum absolute atomic E-state index is 0.0537. The minimum Gasteiger partial charge on any atom is -0.424 e. The zero-order valence-corrected chi connectivity index (χ0v) is 13.3. The molecule has 1 aliphatic rings. The van der Waals surface area contributed by atoms with Gasteiger partial charge in [-0.15, -0.1) is 10.2 Å². The number of hydrogen-bond acceptors (Lipinski definition) is 6. The Bertz CT molecular complexity index is 793. The molecule has 0 bridgehead atoms. The van der Waals surface area contributed by atoms with E-state index in [4.69, 9.17) is 4.42 Å². The van der Waals surface area contributed by atoms with Crippen molar-refractivity contribution >= 4 is 15.7 Å². The number of nitrogens with zero attached hydrogens (tertiary/aromatic N) is 2. The van der Waals surface area contributed by atoms with E-state index in [1.165, 1.54) is 18.2 Å². The van der Waals surface area contributed by atoms with Crippen LogP contribution >= 0.6 is 0 Å². The number of anilines is 1. The predicted molar refractivity (Wildman–Crippen MR) is 81.8 cm³/mol. The molecule has 2 N–H and O–H groups in total. The second kappa shape index (κ2) is 6.25. The van der Waals surface area contributed by atoms with Gasteiger partial charge in [0.1, 0.15) is 5.82 Å². The number of nitrogens with one attached hydrogen (secondary N) is 2. The third kappa shape index (κ3) is 3.35. The number of benzene rings is 1. The van der Waals surface area contributed by atoms with Crippen LogP contribution in [-0.4, -0.2) is 30.4 Å². The largest absolute Gasteiger partial charge is 0.424 e. The Balaban J connectivity index is 1.71. The average Bonchev–Trinajstić information content (AvgIpc) is 3.18. The van der Waals surface area contributed by atoms with E-state index in [2.05, 4.69) is 20.2 Å². The van der Waals surface area contributed by atoms with Gasteiger partial charge in [0.15, 0.2) is 0 Å². The molecule has 0 radical (unpaired) electrons. The Kier molecular flexibility index (Phi) is 4.31. The Hall–Kier alpha value is -2.00. The molecule has 1 aromatic heterocycles. The minimum atomic E-state index is -3.72. The summed E-state index contributed by atoms with van der Waals surface area (Å²) in [7, 11) is -3.72. The van der Waals surface area contributed by atoms with Crippen molar-refractivity contribution in [3.05, 3.63) is 41.9 Å². The fraction of sp³-hybridized carbons (Fsp3) is 0.429. The predicted octanol–water partition coefficient (Wildman–Crippen LogP) is 1.62. The zero-order valence-electron chi connectivity index (χ0n) is 12.5. The molecule has 3 rings (SSSR count). The van der Waals surface area contributed by atoms with Crippen LogP contribution < -0.4 is 10.0 Å². The maximum absolute atomic E-state index is 13.6. The first-order chi connectivity index (χ1) is 11.0. The summed E-state index contributed by atoms with van der Waals surface area (Å²) in [5, 5.41) is 10.2. The van der Waals surface area contributed by atoms with Crippen LogP contribution in [0.4, 0.5) is 10.1 Å². The van der Waals surface area contributed by atoms with Crippen LogP contribution in [0.2, 0.25) is 0 Å². The van der Waals surface area contributed by atoms with Gasteiger partial charge < -0.3 is 9.73 Å². The first kappa shape index (κ1) is 15.9. The van der Waals surface area contributed by atoms with E-state index in [1.807, 2.05) is 6.92 Å². The van der Waals surface area contributed by atoms with E-state index >= 15 is 0 Å². The third-order valence-electron chi connectivity index (χ3n) is 3.74. The van der Waals surface area contributed by atoms with Gasteiger partial charge in [-0.2, -0.15) is 0 Å². The van der Waals surface area contributed by atoms with Crippen molar-refractivity contribution in [2.45, 2.75) is 31.1 Å². The van der Waals surface area contributed by atoms with Crippen LogP contribution in [0.1, 0.15) is 31.2 Å². The Morgan fingerprint density at radius 3 is 2.87 bits per heavy atom. The summed E-state index contributed by atoms with van der Waals surface area (Å²) < 4.78 is 46.2. The number of rotatable bonds is 5. The van der Waals surface area contributed by atoms with E-state index < -0.39 is 21.1 Å². The third-order valence-corrected chi connectivity index (χ3v) is 5.48. The monoisotopic (exact) mass is 340 g/mol. The molecule has 2 unspecified atom stereocenters. The highest BCUT2D eigenvalue weighted by molar-refractivity contribution is 7.93. The van der Waals surface area contributed by atoms with Gasteiger partial charge in [-0.3, -0.25) is 4.72 Å². The first-order valence-electron chi connectivity index (χ1n) is 7.31. The fourth-order valence-corrected chi connectivity index (χ4v) is 3.86. The lowest BCUT2D eigenvalue weighted by Crippen LogP contribution is -2.29. The molecule has 1 fully saturated rings. The summed E-state index contributed by atoms with van der Waals surface area (Å²) >= 11 is 0. The normalized spacial score (nSPS) is 21.5. The van der Waals surface area contributed by atoms with Crippen molar-refractivity contribution in [1.82, 2.24) is 15.5 Å². The van der Waals surface area contributed by atoms with Crippen molar-refractivity contribution in [2.75, 3.05) is 11.3 Å². The Morgan fingerprint density at radius 1 is 1.39 bits per heavy atom. The van der Waals surface area contributed by atoms with Crippen LogP contribution in [0.25, 0.3) is 0 Å². The summed E-state index contributed by atoms with van der Waals surface area (Å²) in [6.07, 6.45) is 0.908. The molecule has 0 spiro atoms. The van der Waals surface area contributed by atoms with Crippen LogP contribution in [-0.2, 0) is 16.4 Å². The molecule has 0 amide bonds. The molecular weight excluding hydrogens is 323 g/mol. The second-order valence-corrected chi connectivity index (χ2v) is 7.29. The van der Waals surface area contributed by atoms with Gasteiger partial charge in [0, 0.05) is 13.0 Å². The SMILES string of the molecule is CCc1nnc(C2CC(S(=O)(=O)Nc3ccccc3F)CN2)o1. The van der Waals surface area contributed by atoms with E-state index in [9.17, 15) is 12.8 Å². The molecule has 9 heteroatoms. The lowest BCUT2D eigenvalue weighted by atomic mass is 10.2. The van der Waals surface area contributed by atoms with E-state index in [0.29, 0.717) is 18.2 Å². The van der Waals surface area contributed by atoms with Gasteiger partial charge in [-0.1, -0.05) is 19.1 Å². The summed E-state index contributed by atoms with van der Waals surface area (Å²) in [5.41, 5.74) is -0.0537. The van der Waals surface area contributed by atoms with Gasteiger partial charge in [0.05, 0.1) is 17.0 Å². The van der Waals surface area contributed by atoms with Gasteiger partial charge in [0.2, 0.25) is 21.8 Å². The maximum Gasteiger partial charge on any atom is 0.237 e. The van der Waals surface area contributed by atoms with Crippen LogP contribution in [0, 0.1) is 5.82 Å². The second-order valence-electron chi connectivity index (χ2n) is 5.33. The molecule has 2 aromatic rings. The highest BCUT2D eigenvalue weighted by Gasteiger charge is 2.37. The number of halogens is 1. The topological polar surface area (TPSA) is 97.1 Å². The molecule has 1 aliphatic heterocycles. The zero-order chi connectivity index (χ0) is 16.4. The summed E-state index contributed by atoms with van der Waals surface area (Å²) in [5.74, 6) is 0.283. The van der Waals surface area contributed by atoms with Crippen LogP contribution in [0.15, 0.2) is 28.7 Å². The summed E-state index contributed by atoms with van der Waals surface area (Å²) in [6.45, 7) is 2.13. The highest BCUT2D eigenvalue weighted by atomic mass is 32.2. The van der Waals surface area contributed by atoms with Crippen LogP contribution in [0.5, 0.6) is 0 Å². The standard InChI is InChI=1S/C14H17FN4O3S/c1-2-13-17-18-14(22-13)12-7-9(8-16-12)23(20,21)19-11-6-4-3-5-10(11)15/h3-6,9,12,16,19H,2,7-8H2,1H3. The molecule has 7 nitrogen and oxygen atoms in total. The molecule has 0 saturated carbocycles. The van der Waals surface area contributed by atoms with Crippen molar-refractivity contribution in [3.63, 3.8) is 0 Å². The first-order valence-corrected chi connectivity index (χ1v) is 8.86. The smallest absolute Gasteiger partial charge is 0.237 e. The lowest BCUT2D eigenvalue weighted by molar-refractivity contribution is 0.405. The highest BCUT2D eigenvalue weighted by Crippen LogP contribution is 2.27. The molecule has 124 valence electrons. The van der Waals surface area contributed by atoms with E-state index in [-0.39, 0.29) is 24.7 Å². The molecule has 1 saturated heterocycles. The molecule has 2 atom stereocenters.